The third-order valence-electron chi connectivity index (χ3n) is 10.3. The van der Waals surface area contributed by atoms with Crippen LogP contribution in [0.15, 0.2) is 72.8 Å². The van der Waals surface area contributed by atoms with Gasteiger partial charge in [0.1, 0.15) is 46.0 Å². The number of hydrogen-bond donors (Lipinski definition) is 0. The maximum absolute atomic E-state index is 11.8. The van der Waals surface area contributed by atoms with Crippen LogP contribution in [-0.2, 0) is 57.1 Å². The third kappa shape index (κ3) is 20.5. The molecule has 0 saturated carbocycles. The second-order valence-electron chi connectivity index (χ2n) is 14.6. The molecule has 0 aromatic heterocycles. The van der Waals surface area contributed by atoms with Gasteiger partial charge in [0, 0.05) is 70.8 Å². The fourth-order valence-electron chi connectivity index (χ4n) is 6.23. The van der Waals surface area contributed by atoms with Gasteiger partial charge in [-0.25, -0.2) is 38.4 Å². The van der Waals surface area contributed by atoms with Crippen molar-refractivity contribution in [2.24, 2.45) is 0 Å². The van der Waals surface area contributed by atoms with E-state index in [-0.39, 0.29) is 22.3 Å². The zero-order chi connectivity index (χ0) is 60.5. The van der Waals surface area contributed by atoms with Crippen molar-refractivity contribution in [1.29, 1.82) is 0 Å². The van der Waals surface area contributed by atoms with Crippen molar-refractivity contribution in [2.45, 2.75) is 0 Å². The summed E-state index contributed by atoms with van der Waals surface area (Å²) in [7, 11) is 21.8. The van der Waals surface area contributed by atoms with Gasteiger partial charge in [-0.05, 0) is 48.6 Å². The van der Waals surface area contributed by atoms with Gasteiger partial charge in [0.15, 0.2) is 0 Å². The Morgan fingerprint density at radius 1 is 0.250 bits per heavy atom. The van der Waals surface area contributed by atoms with E-state index in [9.17, 15) is 38.4 Å². The molecule has 4 aromatic carbocycles. The van der Waals surface area contributed by atoms with Gasteiger partial charge < -0.3 is 75.8 Å². The average Bonchev–Trinajstić information content (AvgIpc) is 3.50. The first-order chi connectivity index (χ1) is 38.3. The van der Waals surface area contributed by atoms with Gasteiger partial charge in [-0.15, -0.1) is 0 Å². The smallest absolute Gasteiger partial charge is 0.338 e. The molecule has 24 heteroatoms. The fourth-order valence-corrected chi connectivity index (χ4v) is 6.23. The number of benzene rings is 4. The molecule has 0 amide bonds. The standard InChI is InChI=1S/4C14H16O6/c4*1-17-9-7-11(14(16)20-4)10(12(8-9)18-2)5-6-13(15)19-3/h4*5-8H,1-4H3/b4*6-5+. The summed E-state index contributed by atoms with van der Waals surface area (Å²) in [5.41, 5.74) is 2.53. The summed E-state index contributed by atoms with van der Waals surface area (Å²) in [4.78, 5) is 91.9. The minimum absolute atomic E-state index is 0.226. The Morgan fingerprint density at radius 2 is 0.425 bits per heavy atom. The van der Waals surface area contributed by atoms with Gasteiger partial charge in [0.05, 0.1) is 136 Å². The van der Waals surface area contributed by atoms with Crippen LogP contribution in [0.5, 0.6) is 46.0 Å². The first-order valence-corrected chi connectivity index (χ1v) is 22.7. The van der Waals surface area contributed by atoms with E-state index in [0.29, 0.717) is 68.2 Å². The first kappa shape index (κ1) is 68.0. The molecule has 0 spiro atoms. The van der Waals surface area contributed by atoms with Crippen LogP contribution >= 0.6 is 0 Å². The second-order valence-corrected chi connectivity index (χ2v) is 14.6. The molecule has 4 rings (SSSR count). The number of esters is 8. The molecule has 0 fully saturated rings. The molecule has 0 unspecified atom stereocenters. The van der Waals surface area contributed by atoms with E-state index in [2.05, 4.69) is 18.9 Å². The summed E-state index contributed by atoms with van der Waals surface area (Å²) < 4.78 is 78.0. The molecule has 4 aromatic rings. The van der Waals surface area contributed by atoms with Crippen molar-refractivity contribution in [3.63, 3.8) is 0 Å². The summed E-state index contributed by atoms with van der Waals surface area (Å²) in [5, 5.41) is 0. The van der Waals surface area contributed by atoms with Crippen molar-refractivity contribution in [2.75, 3.05) is 114 Å². The molecule has 432 valence electrons. The summed E-state index contributed by atoms with van der Waals surface area (Å²) in [6.45, 7) is 0. The van der Waals surface area contributed by atoms with Crippen LogP contribution in [0, 0.1) is 0 Å². The highest BCUT2D eigenvalue weighted by Crippen LogP contribution is 2.34. The quantitative estimate of drug-likeness (QED) is 0.0505. The molecule has 0 aliphatic rings. The van der Waals surface area contributed by atoms with Crippen LogP contribution in [0.2, 0.25) is 0 Å². The van der Waals surface area contributed by atoms with Crippen LogP contribution < -0.4 is 37.9 Å². The number of ether oxygens (including phenoxy) is 16. The largest absolute Gasteiger partial charge is 0.497 e. The van der Waals surface area contributed by atoms with Gasteiger partial charge in [-0.1, -0.05) is 0 Å². The lowest BCUT2D eigenvalue weighted by atomic mass is 10.0. The van der Waals surface area contributed by atoms with E-state index in [1.54, 1.807) is 24.3 Å². The Bertz CT molecular complexity index is 2520. The normalized spacial score (nSPS) is 10.2. The average molecular weight is 1120 g/mol. The van der Waals surface area contributed by atoms with Crippen LogP contribution in [-0.4, -0.2) is 162 Å². The van der Waals surface area contributed by atoms with Gasteiger partial charge in [0.2, 0.25) is 0 Å². The van der Waals surface area contributed by atoms with Gasteiger partial charge in [-0.3, -0.25) is 0 Å². The maximum atomic E-state index is 11.8. The van der Waals surface area contributed by atoms with E-state index in [1.807, 2.05) is 0 Å². The highest BCUT2D eigenvalue weighted by molar-refractivity contribution is 6.00. The summed E-state index contributed by atoms with van der Waals surface area (Å²) >= 11 is 0. The first-order valence-electron chi connectivity index (χ1n) is 22.7. The SMILES string of the molecule is COC(=O)/C=C/c1c(OC)cc(OC)cc1C(=O)OC.COC(=O)/C=C/c1c(OC)cc(OC)cc1C(=O)OC.COC(=O)/C=C/c1c(OC)cc(OC)cc1C(=O)OC.COC(=O)/C=C/c1c(OC)cc(OC)cc1C(=O)OC. The third-order valence-corrected chi connectivity index (χ3v) is 10.3. The molecular formula is C56H64O24. The Hall–Kier alpha value is -10.0. The van der Waals surface area contributed by atoms with Crippen molar-refractivity contribution in [3.8, 4) is 46.0 Å². The Balaban J connectivity index is 0.000000533. The zero-order valence-corrected chi connectivity index (χ0v) is 47.0. The number of rotatable bonds is 20. The second kappa shape index (κ2) is 36.1. The monoisotopic (exact) mass is 1120 g/mol. The molecule has 0 bridgehead atoms. The molecule has 0 saturated heterocycles. The maximum Gasteiger partial charge on any atom is 0.338 e. The molecule has 0 aliphatic heterocycles. The van der Waals surface area contributed by atoms with Crippen LogP contribution in [0.1, 0.15) is 63.7 Å². The van der Waals surface area contributed by atoms with Gasteiger partial charge >= 0.3 is 47.8 Å². The lowest BCUT2D eigenvalue weighted by Crippen LogP contribution is -2.06. The number of carbonyl (C=O) groups excluding carboxylic acids is 8. The number of carbonyl (C=O) groups is 8. The molecule has 0 atom stereocenters. The van der Waals surface area contributed by atoms with Crippen molar-refractivity contribution in [1.82, 2.24) is 0 Å². The minimum atomic E-state index is -0.563. The van der Waals surface area contributed by atoms with Crippen LogP contribution in [0.4, 0.5) is 0 Å². The molecule has 0 radical (unpaired) electrons. The minimum Gasteiger partial charge on any atom is -0.497 e. The van der Waals surface area contributed by atoms with Crippen molar-refractivity contribution in [3.05, 3.63) is 117 Å². The molecule has 24 nitrogen and oxygen atoms in total. The van der Waals surface area contributed by atoms with Crippen LogP contribution in [0.3, 0.4) is 0 Å². The molecule has 80 heavy (non-hydrogen) atoms. The van der Waals surface area contributed by atoms with Crippen LogP contribution in [0.25, 0.3) is 24.3 Å². The predicted octanol–water partition coefficient (Wildman–Crippen LogP) is 6.71. The summed E-state index contributed by atoms with van der Waals surface area (Å²) in [6, 6.07) is 12.4. The number of hydrogen-bond acceptors (Lipinski definition) is 24. The van der Waals surface area contributed by atoms with Gasteiger partial charge in [0.25, 0.3) is 0 Å². The van der Waals surface area contributed by atoms with E-state index in [1.165, 1.54) is 187 Å². The van der Waals surface area contributed by atoms with Gasteiger partial charge in [-0.2, -0.15) is 0 Å². The Morgan fingerprint density at radius 3 is 0.550 bits per heavy atom. The lowest BCUT2D eigenvalue weighted by Gasteiger charge is -2.12. The Labute approximate surface area is 462 Å². The topological polar surface area (TPSA) is 284 Å². The number of methoxy groups -OCH3 is 16. The molecule has 0 heterocycles. The fraction of sp³-hybridized carbons (Fsp3) is 0.286. The highest BCUT2D eigenvalue weighted by Gasteiger charge is 2.21. The molecular weight excluding hydrogens is 1060 g/mol. The van der Waals surface area contributed by atoms with E-state index >= 15 is 0 Å². The Kier molecular flexibility index (Phi) is 30.7. The highest BCUT2D eigenvalue weighted by atomic mass is 16.6. The lowest BCUT2D eigenvalue weighted by molar-refractivity contribution is -0.135. The zero-order valence-electron chi connectivity index (χ0n) is 47.0. The molecule has 0 N–H and O–H groups in total. The summed E-state index contributed by atoms with van der Waals surface area (Å²) in [6.07, 6.45) is 10.5. The van der Waals surface area contributed by atoms with E-state index < -0.39 is 47.8 Å². The van der Waals surface area contributed by atoms with Crippen molar-refractivity contribution >= 4 is 72.1 Å². The molecule has 0 aliphatic carbocycles. The predicted molar refractivity (Wildman–Crippen MR) is 288 cm³/mol. The van der Waals surface area contributed by atoms with Crippen molar-refractivity contribution < 1.29 is 114 Å². The van der Waals surface area contributed by atoms with E-state index in [0.717, 1.165) is 0 Å². The van der Waals surface area contributed by atoms with E-state index in [4.69, 9.17) is 56.8 Å². The summed E-state index contributed by atoms with van der Waals surface area (Å²) in [5.74, 6) is -1.14.